The fourth-order valence-electron chi connectivity index (χ4n) is 3.27. The minimum atomic E-state index is -0.0498. The van der Waals surface area contributed by atoms with Gasteiger partial charge in [-0.1, -0.05) is 30.3 Å². The average Bonchev–Trinajstić information content (AvgIpc) is 3.45. The maximum Gasteiger partial charge on any atom is 0.242 e. The van der Waals surface area contributed by atoms with Gasteiger partial charge in [-0.15, -0.1) is 0 Å². The summed E-state index contributed by atoms with van der Waals surface area (Å²) in [6.45, 7) is 1.50. The quantitative estimate of drug-likeness (QED) is 0.632. The van der Waals surface area contributed by atoms with Crippen LogP contribution in [0.4, 0.5) is 0 Å². The largest absolute Gasteiger partial charge is 0.383 e. The molecule has 0 aliphatic heterocycles. The molecule has 1 aromatic carbocycles. The van der Waals surface area contributed by atoms with E-state index in [0.29, 0.717) is 26.1 Å². The van der Waals surface area contributed by atoms with Crippen molar-refractivity contribution in [2.75, 3.05) is 26.8 Å². The summed E-state index contributed by atoms with van der Waals surface area (Å²) in [5.74, 6) is -0.0487. The van der Waals surface area contributed by atoms with Crippen LogP contribution in [0.5, 0.6) is 0 Å². The van der Waals surface area contributed by atoms with E-state index in [1.165, 1.54) is 0 Å². The number of amides is 2. The minimum Gasteiger partial charge on any atom is -0.383 e. The number of hydrogen-bond acceptors (Lipinski definition) is 3. The van der Waals surface area contributed by atoms with Crippen LogP contribution in [-0.4, -0.2) is 59.0 Å². The molecule has 0 atom stereocenters. The van der Waals surface area contributed by atoms with Gasteiger partial charge in [0.15, 0.2) is 0 Å². The molecule has 1 aromatic heterocycles. The van der Waals surface area contributed by atoms with Gasteiger partial charge in [0.25, 0.3) is 0 Å². The molecule has 1 saturated carbocycles. The van der Waals surface area contributed by atoms with E-state index in [4.69, 9.17) is 4.74 Å². The molecule has 0 bridgehead atoms. The topological polar surface area (TPSA) is 54.8 Å². The van der Waals surface area contributed by atoms with Gasteiger partial charge in [-0.3, -0.25) is 9.59 Å². The highest BCUT2D eigenvalue weighted by molar-refractivity contribution is 5.86. The third kappa shape index (κ3) is 5.45. The molecule has 28 heavy (non-hydrogen) atoms. The van der Waals surface area contributed by atoms with Crippen LogP contribution in [0.15, 0.2) is 48.7 Å². The predicted octanol–water partition coefficient (Wildman–Crippen LogP) is 2.23. The van der Waals surface area contributed by atoms with Crippen molar-refractivity contribution in [3.8, 4) is 0 Å². The number of aromatic nitrogens is 1. The summed E-state index contributed by atoms with van der Waals surface area (Å²) in [4.78, 5) is 29.4. The van der Waals surface area contributed by atoms with Crippen molar-refractivity contribution in [3.05, 3.63) is 59.9 Å². The number of rotatable bonds is 10. The van der Waals surface area contributed by atoms with E-state index in [0.717, 1.165) is 24.1 Å². The minimum absolute atomic E-state index is 0.00112. The van der Waals surface area contributed by atoms with Gasteiger partial charge in [0.2, 0.25) is 11.8 Å². The molecule has 0 N–H and O–H groups in total. The highest BCUT2D eigenvalue weighted by atomic mass is 16.5. The third-order valence-electron chi connectivity index (χ3n) is 5.13. The van der Waals surface area contributed by atoms with E-state index in [2.05, 4.69) is 0 Å². The molecule has 6 nitrogen and oxygen atoms in total. The molecule has 3 rings (SSSR count). The van der Waals surface area contributed by atoms with Gasteiger partial charge >= 0.3 is 0 Å². The fourth-order valence-corrected chi connectivity index (χ4v) is 3.27. The Kier molecular flexibility index (Phi) is 6.87. The third-order valence-corrected chi connectivity index (χ3v) is 5.13. The molecule has 1 heterocycles. The van der Waals surface area contributed by atoms with Crippen LogP contribution >= 0.6 is 0 Å². The number of hydrogen-bond donors (Lipinski definition) is 0. The van der Waals surface area contributed by atoms with Crippen LogP contribution < -0.4 is 0 Å². The van der Waals surface area contributed by atoms with Gasteiger partial charge in [0.05, 0.1) is 26.1 Å². The molecule has 1 fully saturated rings. The first-order chi connectivity index (χ1) is 13.6. The van der Waals surface area contributed by atoms with Gasteiger partial charge in [0, 0.05) is 38.6 Å². The van der Waals surface area contributed by atoms with Crippen molar-refractivity contribution < 1.29 is 14.3 Å². The molecule has 0 radical (unpaired) electrons. The summed E-state index contributed by atoms with van der Waals surface area (Å²) >= 11 is 0. The van der Waals surface area contributed by atoms with Gasteiger partial charge < -0.3 is 19.1 Å². The Morgan fingerprint density at radius 3 is 2.46 bits per heavy atom. The van der Waals surface area contributed by atoms with Gasteiger partial charge in [-0.2, -0.15) is 0 Å². The van der Waals surface area contributed by atoms with Crippen molar-refractivity contribution in [1.82, 2.24) is 14.4 Å². The van der Waals surface area contributed by atoms with Crippen LogP contribution in [-0.2, 0) is 34.3 Å². The van der Waals surface area contributed by atoms with Crippen LogP contribution in [0.25, 0.3) is 0 Å². The zero-order valence-electron chi connectivity index (χ0n) is 16.7. The van der Waals surface area contributed by atoms with Gasteiger partial charge in [-0.05, 0) is 30.5 Å². The number of benzene rings is 1. The fraction of sp³-hybridized carbons (Fsp3) is 0.455. The maximum absolute atomic E-state index is 13.1. The zero-order valence-corrected chi connectivity index (χ0v) is 16.7. The van der Waals surface area contributed by atoms with E-state index in [-0.39, 0.29) is 24.4 Å². The lowest BCUT2D eigenvalue weighted by atomic mass is 10.1. The van der Waals surface area contributed by atoms with Gasteiger partial charge in [-0.25, -0.2) is 0 Å². The lowest BCUT2D eigenvalue weighted by molar-refractivity contribution is -0.141. The van der Waals surface area contributed by atoms with Crippen LogP contribution in [0.2, 0.25) is 0 Å². The Labute approximate surface area is 166 Å². The highest BCUT2D eigenvalue weighted by Crippen LogP contribution is 2.28. The van der Waals surface area contributed by atoms with Crippen molar-refractivity contribution in [2.45, 2.75) is 31.8 Å². The van der Waals surface area contributed by atoms with Crippen molar-refractivity contribution >= 4 is 11.8 Å². The molecular formula is C22H29N3O3. The molecule has 1 aliphatic rings. The highest BCUT2D eigenvalue weighted by Gasteiger charge is 2.34. The van der Waals surface area contributed by atoms with E-state index in [9.17, 15) is 9.59 Å². The van der Waals surface area contributed by atoms with E-state index in [1.54, 1.807) is 12.0 Å². The van der Waals surface area contributed by atoms with Crippen molar-refractivity contribution in [1.29, 1.82) is 0 Å². The smallest absolute Gasteiger partial charge is 0.242 e. The molecule has 2 amide bonds. The molecule has 0 unspecified atom stereocenters. The molecule has 2 aromatic rings. The van der Waals surface area contributed by atoms with Gasteiger partial charge in [0.1, 0.15) is 0 Å². The predicted molar refractivity (Wildman–Crippen MR) is 108 cm³/mol. The molecular weight excluding hydrogens is 354 g/mol. The summed E-state index contributed by atoms with van der Waals surface area (Å²) in [5, 5.41) is 0. The number of carbonyl (C=O) groups excluding carboxylic acids is 2. The number of carbonyl (C=O) groups is 2. The van der Waals surface area contributed by atoms with Crippen LogP contribution in [0, 0.1) is 0 Å². The summed E-state index contributed by atoms with van der Waals surface area (Å²) in [6.07, 6.45) is 4.34. The first kappa shape index (κ1) is 20.1. The first-order valence-corrected chi connectivity index (χ1v) is 9.79. The lowest BCUT2D eigenvalue weighted by Crippen LogP contribution is -2.45. The van der Waals surface area contributed by atoms with Crippen molar-refractivity contribution in [2.24, 2.45) is 7.05 Å². The maximum atomic E-state index is 13.1. The lowest BCUT2D eigenvalue weighted by Gasteiger charge is -2.28. The molecule has 1 aliphatic carbocycles. The second-order valence-corrected chi connectivity index (χ2v) is 7.33. The average molecular weight is 383 g/mol. The van der Waals surface area contributed by atoms with Crippen LogP contribution in [0.3, 0.4) is 0 Å². The molecule has 6 heteroatoms. The summed E-state index contributed by atoms with van der Waals surface area (Å²) in [5.41, 5.74) is 2.05. The number of ether oxygens (including phenoxy) is 1. The SMILES string of the molecule is COCCN(CC(=O)N(Cc1cccn1C)C1CC1)C(=O)Cc1ccccc1. The Morgan fingerprint density at radius 2 is 1.86 bits per heavy atom. The Hall–Kier alpha value is -2.60. The molecule has 150 valence electrons. The van der Waals surface area contributed by atoms with Crippen molar-refractivity contribution in [3.63, 3.8) is 0 Å². The summed E-state index contributed by atoms with van der Waals surface area (Å²) < 4.78 is 7.19. The van der Waals surface area contributed by atoms with E-state index < -0.39 is 0 Å². The Bertz CT molecular complexity index is 783. The zero-order chi connectivity index (χ0) is 19.9. The summed E-state index contributed by atoms with van der Waals surface area (Å²) in [6, 6.07) is 13.9. The number of nitrogens with zero attached hydrogens (tertiary/aromatic N) is 3. The normalized spacial score (nSPS) is 13.4. The second-order valence-electron chi connectivity index (χ2n) is 7.33. The van der Waals surface area contributed by atoms with Crippen LogP contribution in [0.1, 0.15) is 24.1 Å². The van der Waals surface area contributed by atoms with E-state index >= 15 is 0 Å². The molecule has 0 saturated heterocycles. The monoisotopic (exact) mass is 383 g/mol. The summed E-state index contributed by atoms with van der Waals surface area (Å²) in [7, 11) is 3.59. The molecule has 0 spiro atoms. The standard InChI is InChI=1S/C22H29N3O3/c1-23-12-6-9-20(23)16-25(19-10-11-19)22(27)17-24(13-14-28-2)21(26)15-18-7-4-3-5-8-18/h3-9,12,19H,10-11,13-17H2,1-2H3. The first-order valence-electron chi connectivity index (χ1n) is 9.79. The Balaban J connectivity index is 1.66. The Morgan fingerprint density at radius 1 is 1.11 bits per heavy atom. The number of aryl methyl sites for hydroxylation is 1. The second kappa shape index (κ2) is 9.55. The van der Waals surface area contributed by atoms with E-state index in [1.807, 2.05) is 65.2 Å². The number of methoxy groups -OCH3 is 1.